The van der Waals surface area contributed by atoms with Crippen LogP contribution in [0.3, 0.4) is 0 Å². The highest BCUT2D eigenvalue weighted by atomic mass is 16.2. The number of nitrogens with zero attached hydrogens (tertiary/aromatic N) is 5. The van der Waals surface area contributed by atoms with Gasteiger partial charge in [0.25, 0.3) is 5.91 Å². The van der Waals surface area contributed by atoms with Crippen LogP contribution in [0.15, 0.2) is 42.7 Å². The van der Waals surface area contributed by atoms with Crippen LogP contribution in [0.2, 0.25) is 0 Å². The van der Waals surface area contributed by atoms with Crippen molar-refractivity contribution in [1.29, 1.82) is 0 Å². The number of rotatable bonds is 2. The third-order valence-corrected chi connectivity index (χ3v) is 6.22. The molecule has 8 heteroatoms. The van der Waals surface area contributed by atoms with E-state index in [1.54, 1.807) is 26.5 Å². The monoisotopic (exact) mass is 390 g/mol. The largest absolute Gasteiger partial charge is 0.329 e. The third-order valence-electron chi connectivity index (χ3n) is 6.22. The Hall–Kier alpha value is -3.42. The summed E-state index contributed by atoms with van der Waals surface area (Å²) < 4.78 is 3.39. The second-order valence-corrected chi connectivity index (χ2v) is 7.86. The van der Waals surface area contributed by atoms with Gasteiger partial charge in [0.2, 0.25) is 5.91 Å². The molecule has 2 amide bonds. The number of likely N-dealkylation sites (tertiary alicyclic amines) is 1. The van der Waals surface area contributed by atoms with Gasteiger partial charge in [0.05, 0.1) is 12.2 Å². The van der Waals surface area contributed by atoms with Gasteiger partial charge in [-0.05, 0) is 31.0 Å². The summed E-state index contributed by atoms with van der Waals surface area (Å²) >= 11 is 0. The summed E-state index contributed by atoms with van der Waals surface area (Å²) in [5, 5.41) is 11.7. The Bertz CT molecular complexity index is 1130. The number of carbonyl (C=O) groups is 2. The maximum atomic E-state index is 13.5. The van der Waals surface area contributed by atoms with Gasteiger partial charge in [-0.15, -0.1) is 0 Å². The first-order chi connectivity index (χ1) is 13.9. The van der Waals surface area contributed by atoms with Gasteiger partial charge in [-0.1, -0.05) is 18.2 Å². The number of aryl methyl sites for hydroxylation is 3. The van der Waals surface area contributed by atoms with Crippen LogP contribution in [-0.4, -0.2) is 42.8 Å². The molecule has 0 radical (unpaired) electrons. The Kier molecular flexibility index (Phi) is 3.68. The summed E-state index contributed by atoms with van der Waals surface area (Å²) in [5.74, 6) is -0.239. The highest BCUT2D eigenvalue weighted by Crippen LogP contribution is 2.54. The normalized spacial score (nSPS) is 22.9. The SMILES string of the molecule is Cc1cc(C(=O)N2CCC3(C(=O)Nc4ccccc43)C2c2cnn(C)c2)nn1C. The molecule has 2 aromatic heterocycles. The number of para-hydroxylation sites is 1. The predicted octanol–water partition coefficient (Wildman–Crippen LogP) is 1.94. The van der Waals surface area contributed by atoms with Crippen molar-refractivity contribution in [3.63, 3.8) is 0 Å². The fourth-order valence-corrected chi connectivity index (χ4v) is 4.76. The molecule has 2 aliphatic rings. The van der Waals surface area contributed by atoms with E-state index in [0.717, 1.165) is 22.5 Å². The van der Waals surface area contributed by atoms with E-state index < -0.39 is 11.5 Å². The lowest BCUT2D eigenvalue weighted by molar-refractivity contribution is -0.121. The Balaban J connectivity index is 1.66. The van der Waals surface area contributed by atoms with E-state index >= 15 is 0 Å². The molecular formula is C21H22N6O2. The minimum atomic E-state index is -0.834. The molecule has 2 unspecified atom stereocenters. The van der Waals surface area contributed by atoms with Crippen molar-refractivity contribution in [1.82, 2.24) is 24.5 Å². The van der Waals surface area contributed by atoms with Crippen LogP contribution in [0.1, 0.15) is 39.8 Å². The lowest BCUT2D eigenvalue weighted by Gasteiger charge is -2.33. The first-order valence-electron chi connectivity index (χ1n) is 9.63. The highest BCUT2D eigenvalue weighted by molar-refractivity contribution is 6.08. The van der Waals surface area contributed by atoms with Crippen LogP contribution in [0.5, 0.6) is 0 Å². The molecule has 8 nitrogen and oxygen atoms in total. The lowest BCUT2D eigenvalue weighted by atomic mass is 9.73. The first kappa shape index (κ1) is 17.7. The molecule has 1 N–H and O–H groups in total. The van der Waals surface area contributed by atoms with Crippen molar-refractivity contribution >= 4 is 17.5 Å². The molecule has 4 heterocycles. The van der Waals surface area contributed by atoms with E-state index in [2.05, 4.69) is 15.5 Å². The highest BCUT2D eigenvalue weighted by Gasteiger charge is 2.59. The van der Waals surface area contributed by atoms with E-state index in [0.29, 0.717) is 18.7 Å². The molecule has 3 aromatic rings. The van der Waals surface area contributed by atoms with E-state index in [1.807, 2.05) is 51.5 Å². The van der Waals surface area contributed by atoms with Crippen LogP contribution in [0.25, 0.3) is 0 Å². The second-order valence-electron chi connectivity index (χ2n) is 7.86. The van der Waals surface area contributed by atoms with Gasteiger partial charge >= 0.3 is 0 Å². The zero-order valence-electron chi connectivity index (χ0n) is 16.6. The van der Waals surface area contributed by atoms with E-state index in [-0.39, 0.29) is 11.8 Å². The smallest absolute Gasteiger partial charge is 0.274 e. The minimum Gasteiger partial charge on any atom is -0.329 e. The molecule has 5 rings (SSSR count). The summed E-state index contributed by atoms with van der Waals surface area (Å²) in [7, 11) is 3.65. The van der Waals surface area contributed by atoms with Crippen molar-refractivity contribution < 1.29 is 9.59 Å². The van der Waals surface area contributed by atoms with Gasteiger partial charge in [-0.25, -0.2) is 0 Å². The zero-order chi connectivity index (χ0) is 20.3. The Morgan fingerprint density at radius 3 is 2.76 bits per heavy atom. The first-order valence-corrected chi connectivity index (χ1v) is 9.63. The number of hydrogen-bond acceptors (Lipinski definition) is 4. The van der Waals surface area contributed by atoms with Gasteiger partial charge in [0.15, 0.2) is 5.69 Å². The maximum Gasteiger partial charge on any atom is 0.274 e. The fraction of sp³-hybridized carbons (Fsp3) is 0.333. The Morgan fingerprint density at radius 1 is 1.28 bits per heavy atom. The predicted molar refractivity (Wildman–Crippen MR) is 106 cm³/mol. The number of benzene rings is 1. The molecule has 2 aliphatic heterocycles. The average Bonchev–Trinajstić information content (AvgIpc) is 3.44. The number of aromatic nitrogens is 4. The fourth-order valence-electron chi connectivity index (χ4n) is 4.76. The number of nitrogens with one attached hydrogen (secondary N) is 1. The molecule has 148 valence electrons. The van der Waals surface area contributed by atoms with Crippen LogP contribution >= 0.6 is 0 Å². The molecule has 29 heavy (non-hydrogen) atoms. The molecular weight excluding hydrogens is 368 g/mol. The number of fused-ring (bicyclic) bond motifs is 2. The van der Waals surface area contributed by atoms with Crippen LogP contribution < -0.4 is 5.32 Å². The molecule has 1 spiro atoms. The van der Waals surface area contributed by atoms with Gasteiger partial charge < -0.3 is 10.2 Å². The van der Waals surface area contributed by atoms with Crippen molar-refractivity contribution in [3.05, 3.63) is 65.2 Å². The molecule has 1 fully saturated rings. The Morgan fingerprint density at radius 2 is 2.07 bits per heavy atom. The van der Waals surface area contributed by atoms with Crippen LogP contribution in [0.4, 0.5) is 5.69 Å². The van der Waals surface area contributed by atoms with Crippen molar-refractivity contribution in [2.75, 3.05) is 11.9 Å². The summed E-state index contributed by atoms with van der Waals surface area (Å²) in [5.41, 5.74) is 3.06. The lowest BCUT2D eigenvalue weighted by Crippen LogP contribution is -2.42. The standard InChI is InChI=1S/C21H22N6O2/c1-13-10-17(24-26(13)3)19(28)27-9-8-21(18(27)14-11-22-25(2)12-14)15-6-4-5-7-16(15)23-20(21)29/h4-7,10-12,18H,8-9H2,1-3H3,(H,23,29). The van der Waals surface area contributed by atoms with Crippen LogP contribution in [0, 0.1) is 6.92 Å². The number of anilines is 1. The van der Waals surface area contributed by atoms with E-state index in [9.17, 15) is 9.59 Å². The van der Waals surface area contributed by atoms with Crippen molar-refractivity contribution in [3.8, 4) is 0 Å². The zero-order valence-corrected chi connectivity index (χ0v) is 16.6. The number of carbonyl (C=O) groups excluding carboxylic acids is 2. The minimum absolute atomic E-state index is 0.0694. The van der Waals surface area contributed by atoms with Gasteiger partial charge in [-0.2, -0.15) is 10.2 Å². The summed E-state index contributed by atoms with van der Waals surface area (Å²) in [6.07, 6.45) is 4.18. The molecule has 1 saturated heterocycles. The van der Waals surface area contributed by atoms with Gasteiger partial charge in [-0.3, -0.25) is 19.0 Å². The summed E-state index contributed by atoms with van der Waals surface area (Å²) in [4.78, 5) is 28.5. The summed E-state index contributed by atoms with van der Waals surface area (Å²) in [6, 6.07) is 9.08. The van der Waals surface area contributed by atoms with Crippen molar-refractivity contribution in [2.24, 2.45) is 14.1 Å². The molecule has 1 aromatic carbocycles. The maximum absolute atomic E-state index is 13.5. The van der Waals surface area contributed by atoms with Crippen molar-refractivity contribution in [2.45, 2.75) is 24.8 Å². The number of hydrogen-bond donors (Lipinski definition) is 1. The molecule has 0 bridgehead atoms. The third kappa shape index (κ3) is 2.38. The summed E-state index contributed by atoms with van der Waals surface area (Å²) in [6.45, 7) is 2.38. The molecule has 0 aliphatic carbocycles. The van der Waals surface area contributed by atoms with E-state index in [4.69, 9.17) is 0 Å². The second kappa shape index (κ2) is 6.04. The van der Waals surface area contributed by atoms with Gasteiger partial charge in [0, 0.05) is 43.8 Å². The van der Waals surface area contributed by atoms with E-state index in [1.165, 1.54) is 0 Å². The molecule has 0 saturated carbocycles. The van der Waals surface area contributed by atoms with Gasteiger partial charge in [0.1, 0.15) is 5.41 Å². The molecule has 2 atom stereocenters. The Labute approximate surface area is 168 Å². The average molecular weight is 390 g/mol. The quantitative estimate of drug-likeness (QED) is 0.725. The topological polar surface area (TPSA) is 85.1 Å². The van der Waals surface area contributed by atoms with Crippen LogP contribution in [-0.2, 0) is 24.3 Å². The number of amides is 2.